The van der Waals surface area contributed by atoms with E-state index in [0.29, 0.717) is 6.61 Å². The normalized spacial score (nSPS) is 19.5. The summed E-state index contributed by atoms with van der Waals surface area (Å²) in [6, 6.07) is 8.17. The van der Waals surface area contributed by atoms with Crippen LogP contribution in [-0.2, 0) is 13.2 Å². The maximum atomic E-state index is 9.53. The van der Waals surface area contributed by atoms with Crippen molar-refractivity contribution in [1.82, 2.24) is 4.90 Å². The molecule has 106 valence electrons. The number of piperidine rings is 1. The van der Waals surface area contributed by atoms with E-state index < -0.39 is 0 Å². The zero-order chi connectivity index (χ0) is 13.7. The van der Waals surface area contributed by atoms with Gasteiger partial charge in [0.1, 0.15) is 0 Å². The molecule has 1 aliphatic rings. The number of hydrogen-bond acceptors (Lipinski definition) is 3. The first-order valence-electron chi connectivity index (χ1n) is 7.23. The summed E-state index contributed by atoms with van der Waals surface area (Å²) in [7, 11) is 0. The van der Waals surface area contributed by atoms with E-state index >= 15 is 0 Å². The molecule has 0 atom stereocenters. The third kappa shape index (κ3) is 3.56. The second-order valence-electron chi connectivity index (χ2n) is 5.76. The van der Waals surface area contributed by atoms with E-state index in [1.165, 1.54) is 5.56 Å². The van der Waals surface area contributed by atoms with Gasteiger partial charge in [-0.3, -0.25) is 4.90 Å². The summed E-state index contributed by atoms with van der Waals surface area (Å²) in [5.41, 5.74) is 2.43. The van der Waals surface area contributed by atoms with E-state index in [4.69, 9.17) is 5.11 Å². The molecule has 3 heteroatoms. The average molecular weight is 263 g/mol. The van der Waals surface area contributed by atoms with E-state index in [9.17, 15) is 5.11 Å². The largest absolute Gasteiger partial charge is 0.396 e. The van der Waals surface area contributed by atoms with Crippen molar-refractivity contribution in [3.05, 3.63) is 35.4 Å². The van der Waals surface area contributed by atoms with Crippen molar-refractivity contribution in [3.63, 3.8) is 0 Å². The summed E-state index contributed by atoms with van der Waals surface area (Å²) < 4.78 is 0. The van der Waals surface area contributed by atoms with Crippen LogP contribution in [0.2, 0.25) is 0 Å². The van der Waals surface area contributed by atoms with Crippen molar-refractivity contribution in [1.29, 1.82) is 0 Å². The van der Waals surface area contributed by atoms with Crippen LogP contribution in [0, 0.1) is 5.41 Å². The van der Waals surface area contributed by atoms with Crippen LogP contribution in [0.3, 0.4) is 0 Å². The van der Waals surface area contributed by atoms with Crippen molar-refractivity contribution < 1.29 is 10.2 Å². The fourth-order valence-corrected chi connectivity index (χ4v) is 2.82. The minimum Gasteiger partial charge on any atom is -0.396 e. The van der Waals surface area contributed by atoms with Crippen LogP contribution in [-0.4, -0.2) is 34.8 Å². The Balaban J connectivity index is 1.88. The molecule has 0 aromatic heterocycles. The number of hydrogen-bond donors (Lipinski definition) is 2. The predicted octanol–water partition coefficient (Wildman–Crippen LogP) is 2.16. The zero-order valence-corrected chi connectivity index (χ0v) is 11.8. The number of nitrogens with zero attached hydrogens (tertiary/aromatic N) is 1. The minimum absolute atomic E-state index is 0.111. The van der Waals surface area contributed by atoms with Crippen LogP contribution < -0.4 is 0 Å². The lowest BCUT2D eigenvalue weighted by Gasteiger charge is -2.40. The van der Waals surface area contributed by atoms with Gasteiger partial charge >= 0.3 is 0 Å². The van der Waals surface area contributed by atoms with Gasteiger partial charge in [0.05, 0.1) is 6.61 Å². The Morgan fingerprint density at radius 1 is 1.05 bits per heavy atom. The fourth-order valence-electron chi connectivity index (χ4n) is 2.82. The smallest absolute Gasteiger partial charge is 0.0681 e. The molecule has 1 saturated heterocycles. The molecular formula is C16H25NO2. The number of likely N-dealkylation sites (tertiary alicyclic amines) is 1. The molecule has 0 bridgehead atoms. The molecule has 0 saturated carbocycles. The second-order valence-corrected chi connectivity index (χ2v) is 5.76. The molecule has 1 fully saturated rings. The summed E-state index contributed by atoms with van der Waals surface area (Å²) in [6.07, 6.45) is 3.26. The fraction of sp³-hybridized carbons (Fsp3) is 0.625. The Labute approximate surface area is 115 Å². The van der Waals surface area contributed by atoms with Gasteiger partial charge in [0.25, 0.3) is 0 Å². The van der Waals surface area contributed by atoms with Crippen LogP contribution >= 0.6 is 0 Å². The number of aliphatic hydroxyl groups is 2. The molecule has 3 nitrogen and oxygen atoms in total. The molecule has 2 N–H and O–H groups in total. The topological polar surface area (TPSA) is 43.7 Å². The number of rotatable bonds is 5. The van der Waals surface area contributed by atoms with Gasteiger partial charge in [0.2, 0.25) is 0 Å². The van der Waals surface area contributed by atoms with Crippen molar-refractivity contribution >= 4 is 0 Å². The van der Waals surface area contributed by atoms with Crippen LogP contribution in [0.15, 0.2) is 24.3 Å². The van der Waals surface area contributed by atoms with Crippen molar-refractivity contribution in [3.8, 4) is 0 Å². The molecule has 1 aromatic carbocycles. The molecule has 0 aliphatic carbocycles. The zero-order valence-electron chi connectivity index (χ0n) is 11.8. The van der Waals surface area contributed by atoms with Crippen molar-refractivity contribution in [2.24, 2.45) is 5.41 Å². The van der Waals surface area contributed by atoms with Gasteiger partial charge in [-0.05, 0) is 48.9 Å². The predicted molar refractivity (Wildman–Crippen MR) is 76.7 cm³/mol. The first kappa shape index (κ1) is 14.5. The second kappa shape index (κ2) is 6.51. The van der Waals surface area contributed by atoms with Crippen LogP contribution in [0.25, 0.3) is 0 Å². The Bertz CT molecular complexity index is 374. The Morgan fingerprint density at radius 2 is 1.63 bits per heavy atom. The maximum Gasteiger partial charge on any atom is 0.0681 e. The summed E-state index contributed by atoms with van der Waals surface area (Å²) in [5, 5.41) is 18.6. The van der Waals surface area contributed by atoms with Crippen LogP contribution in [0.4, 0.5) is 0 Å². The Morgan fingerprint density at radius 3 is 2.11 bits per heavy atom. The summed E-state index contributed by atoms with van der Waals surface area (Å²) >= 11 is 0. The lowest BCUT2D eigenvalue weighted by atomic mass is 9.77. The SMILES string of the molecule is CCC1(CO)CCN(Cc2ccc(CO)cc2)CC1. The highest BCUT2D eigenvalue weighted by Crippen LogP contribution is 2.34. The molecule has 0 radical (unpaired) electrons. The van der Waals surface area contributed by atoms with Gasteiger partial charge in [-0.15, -0.1) is 0 Å². The average Bonchev–Trinajstić information content (AvgIpc) is 2.49. The molecule has 1 heterocycles. The quantitative estimate of drug-likeness (QED) is 0.855. The first-order valence-corrected chi connectivity index (χ1v) is 7.23. The highest BCUT2D eigenvalue weighted by atomic mass is 16.3. The molecule has 0 amide bonds. The molecule has 1 aliphatic heterocycles. The van der Waals surface area contributed by atoms with Gasteiger partial charge in [0, 0.05) is 13.2 Å². The first-order chi connectivity index (χ1) is 9.21. The van der Waals surface area contributed by atoms with E-state index in [2.05, 4.69) is 24.0 Å². The highest BCUT2D eigenvalue weighted by Gasteiger charge is 2.32. The molecule has 2 rings (SSSR count). The molecule has 0 spiro atoms. The summed E-state index contributed by atoms with van der Waals surface area (Å²) in [5.74, 6) is 0. The lowest BCUT2D eigenvalue weighted by molar-refractivity contribution is 0.0382. The van der Waals surface area contributed by atoms with Gasteiger partial charge in [-0.1, -0.05) is 31.2 Å². The minimum atomic E-state index is 0.111. The third-order valence-corrected chi connectivity index (χ3v) is 4.61. The molecule has 1 aromatic rings. The van der Waals surface area contributed by atoms with E-state index in [0.717, 1.165) is 44.5 Å². The van der Waals surface area contributed by atoms with Gasteiger partial charge in [-0.25, -0.2) is 0 Å². The van der Waals surface area contributed by atoms with Crippen molar-refractivity contribution in [2.45, 2.75) is 39.3 Å². The van der Waals surface area contributed by atoms with Gasteiger partial charge in [-0.2, -0.15) is 0 Å². The van der Waals surface area contributed by atoms with Crippen LogP contribution in [0.5, 0.6) is 0 Å². The monoisotopic (exact) mass is 263 g/mol. The highest BCUT2D eigenvalue weighted by molar-refractivity contribution is 5.21. The van der Waals surface area contributed by atoms with E-state index in [1.807, 2.05) is 12.1 Å². The third-order valence-electron chi connectivity index (χ3n) is 4.61. The van der Waals surface area contributed by atoms with E-state index in [1.54, 1.807) is 0 Å². The van der Waals surface area contributed by atoms with Crippen LogP contribution in [0.1, 0.15) is 37.3 Å². The van der Waals surface area contributed by atoms with Crippen molar-refractivity contribution in [2.75, 3.05) is 19.7 Å². The van der Waals surface area contributed by atoms with Gasteiger partial charge in [0.15, 0.2) is 0 Å². The standard InChI is InChI=1S/C16H25NO2/c1-2-16(13-19)7-9-17(10-8-16)11-14-3-5-15(12-18)6-4-14/h3-6,18-19H,2,7-13H2,1H3. The number of aliphatic hydroxyl groups excluding tert-OH is 2. The number of benzene rings is 1. The molecular weight excluding hydrogens is 238 g/mol. The van der Waals surface area contributed by atoms with E-state index in [-0.39, 0.29) is 12.0 Å². The Hall–Kier alpha value is -0.900. The summed E-state index contributed by atoms with van der Waals surface area (Å²) in [4.78, 5) is 2.46. The Kier molecular flexibility index (Phi) is 4.97. The lowest BCUT2D eigenvalue weighted by Crippen LogP contribution is -2.41. The summed E-state index contributed by atoms with van der Waals surface area (Å²) in [6.45, 7) is 5.71. The maximum absolute atomic E-state index is 9.53. The molecule has 19 heavy (non-hydrogen) atoms. The molecule has 0 unspecified atom stereocenters. The van der Waals surface area contributed by atoms with Gasteiger partial charge < -0.3 is 10.2 Å².